The molecular weight excluding hydrogens is 446 g/mol. The Morgan fingerprint density at radius 2 is 2.03 bits per heavy atom. The first-order valence-corrected chi connectivity index (χ1v) is 14.6. The van der Waals surface area contributed by atoms with Gasteiger partial charge in [0.05, 0.1) is 18.6 Å². The normalized spacial score (nSPS) is 17.9. The van der Waals surface area contributed by atoms with Gasteiger partial charge in [0, 0.05) is 20.1 Å². The Morgan fingerprint density at radius 3 is 2.70 bits per heavy atom. The molecule has 0 radical (unpaired) electrons. The molecular formula is C23H28F2N4O3Si. The molecule has 1 N–H and O–H groups in total. The van der Waals surface area contributed by atoms with Crippen LogP contribution in [0, 0.1) is 11.7 Å². The minimum Gasteiger partial charge on any atom is -0.496 e. The molecule has 0 bridgehead atoms. The third-order valence-corrected chi connectivity index (χ3v) is 7.24. The van der Waals surface area contributed by atoms with Crippen LogP contribution in [0.15, 0.2) is 30.3 Å². The summed E-state index contributed by atoms with van der Waals surface area (Å²) < 4.78 is 40.8. The van der Waals surface area contributed by atoms with Gasteiger partial charge in [-0.25, -0.2) is 18.4 Å². The van der Waals surface area contributed by atoms with E-state index in [4.69, 9.17) is 9.47 Å². The molecule has 1 fully saturated rings. The molecule has 0 unspecified atom stereocenters. The van der Waals surface area contributed by atoms with Crippen LogP contribution >= 0.6 is 0 Å². The highest BCUT2D eigenvalue weighted by Crippen LogP contribution is 2.37. The molecule has 10 heteroatoms. The number of anilines is 1. The number of ether oxygens (including phenoxy) is 2. The fourth-order valence-corrected chi connectivity index (χ4v) is 4.24. The molecule has 2 atom stereocenters. The summed E-state index contributed by atoms with van der Waals surface area (Å²) in [6.07, 6.45) is -0.868. The molecule has 0 aliphatic heterocycles. The summed E-state index contributed by atoms with van der Waals surface area (Å²) >= 11 is 0. The predicted molar refractivity (Wildman–Crippen MR) is 125 cm³/mol. The average molecular weight is 475 g/mol. The number of nitrogens with zero attached hydrogens (tertiary/aromatic N) is 3. The molecule has 176 valence electrons. The van der Waals surface area contributed by atoms with Gasteiger partial charge < -0.3 is 14.8 Å². The number of alkyl halides is 1. The maximum absolute atomic E-state index is 14.8. The second kappa shape index (κ2) is 9.18. The Kier molecular flexibility index (Phi) is 6.49. The van der Waals surface area contributed by atoms with Crippen LogP contribution in [0.2, 0.25) is 25.7 Å². The van der Waals surface area contributed by atoms with Crippen molar-refractivity contribution in [3.05, 3.63) is 36.1 Å². The summed E-state index contributed by atoms with van der Waals surface area (Å²) in [7, 11) is 0.202. The standard InChI is InChI=1S/C23H28F2N4O3Si/c1-31-18-7-5-6-16(24)20(18)21-14-8-9-19(27-23(30)15-12-17(15)25)26-22(14)29(28-21)13-32-10-11-33(2,3)4/h5-9,15,17H,10-13H2,1-4H3,(H,26,27,30)/t15-,17+/m1/s1. The number of amides is 1. The molecule has 1 aromatic carbocycles. The second-order valence-electron chi connectivity index (χ2n) is 9.43. The van der Waals surface area contributed by atoms with E-state index in [-0.39, 0.29) is 24.5 Å². The molecule has 3 aromatic rings. The van der Waals surface area contributed by atoms with E-state index in [1.807, 2.05) is 0 Å². The number of hydrogen-bond donors (Lipinski definition) is 1. The largest absolute Gasteiger partial charge is 0.496 e. The van der Waals surface area contributed by atoms with E-state index < -0.39 is 31.9 Å². The molecule has 2 heterocycles. The Balaban J connectivity index is 1.70. The monoisotopic (exact) mass is 474 g/mol. The van der Waals surface area contributed by atoms with Gasteiger partial charge >= 0.3 is 0 Å². The van der Waals surface area contributed by atoms with E-state index in [0.29, 0.717) is 29.1 Å². The third kappa shape index (κ3) is 5.22. The van der Waals surface area contributed by atoms with Gasteiger partial charge in [0.2, 0.25) is 5.91 Å². The van der Waals surface area contributed by atoms with E-state index in [0.717, 1.165) is 6.04 Å². The first-order valence-electron chi connectivity index (χ1n) is 10.9. The molecule has 7 nitrogen and oxygen atoms in total. The van der Waals surface area contributed by atoms with E-state index in [9.17, 15) is 13.6 Å². The van der Waals surface area contributed by atoms with Crippen molar-refractivity contribution in [2.45, 2.75) is 45.0 Å². The predicted octanol–water partition coefficient (Wildman–Crippen LogP) is 4.85. The van der Waals surface area contributed by atoms with Crippen LogP contribution in [0.3, 0.4) is 0 Å². The van der Waals surface area contributed by atoms with E-state index in [2.05, 4.69) is 35.0 Å². The number of carbonyl (C=O) groups is 1. The lowest BCUT2D eigenvalue weighted by Crippen LogP contribution is -2.22. The molecule has 4 rings (SSSR count). The number of rotatable bonds is 9. The van der Waals surface area contributed by atoms with Gasteiger partial charge in [-0.15, -0.1) is 0 Å². The van der Waals surface area contributed by atoms with Gasteiger partial charge in [-0.05, 0) is 36.7 Å². The number of aromatic nitrogens is 3. The third-order valence-electron chi connectivity index (χ3n) is 5.54. The summed E-state index contributed by atoms with van der Waals surface area (Å²) in [6, 6.07) is 8.88. The number of carbonyl (C=O) groups excluding carboxylic acids is 1. The fourth-order valence-electron chi connectivity index (χ4n) is 3.48. The van der Waals surface area contributed by atoms with Crippen molar-refractivity contribution in [1.29, 1.82) is 0 Å². The maximum Gasteiger partial charge on any atom is 0.231 e. The zero-order valence-electron chi connectivity index (χ0n) is 19.2. The van der Waals surface area contributed by atoms with Crippen molar-refractivity contribution >= 4 is 30.8 Å². The van der Waals surface area contributed by atoms with Crippen LogP contribution in [0.5, 0.6) is 5.75 Å². The summed E-state index contributed by atoms with van der Waals surface area (Å²) in [5.74, 6) is -0.873. The quantitative estimate of drug-likeness (QED) is 0.354. The van der Waals surface area contributed by atoms with E-state index in [1.54, 1.807) is 28.9 Å². The number of nitrogens with one attached hydrogen (secondary N) is 1. The molecule has 1 saturated carbocycles. The van der Waals surface area contributed by atoms with Crippen LogP contribution in [-0.4, -0.2) is 48.6 Å². The number of benzene rings is 1. The lowest BCUT2D eigenvalue weighted by atomic mass is 10.1. The fraction of sp³-hybridized carbons (Fsp3) is 0.435. The lowest BCUT2D eigenvalue weighted by Gasteiger charge is -2.15. The number of hydrogen-bond acceptors (Lipinski definition) is 5. The van der Waals surface area contributed by atoms with Crippen LogP contribution in [-0.2, 0) is 16.3 Å². The van der Waals surface area contributed by atoms with Gasteiger partial charge in [-0.2, -0.15) is 5.10 Å². The number of halogens is 2. The Hall–Kier alpha value is -2.85. The van der Waals surface area contributed by atoms with E-state index in [1.165, 1.54) is 13.2 Å². The Labute approximate surface area is 192 Å². The molecule has 1 aliphatic rings. The second-order valence-corrected chi connectivity index (χ2v) is 15.0. The van der Waals surface area contributed by atoms with Crippen LogP contribution in [0.1, 0.15) is 6.42 Å². The molecule has 2 aromatic heterocycles. The van der Waals surface area contributed by atoms with Crippen LogP contribution < -0.4 is 10.1 Å². The van der Waals surface area contributed by atoms with Gasteiger partial charge in [0.25, 0.3) is 0 Å². The summed E-state index contributed by atoms with van der Waals surface area (Å²) in [5.41, 5.74) is 1.02. The number of fused-ring (bicyclic) bond motifs is 1. The van der Waals surface area contributed by atoms with Crippen LogP contribution in [0.4, 0.5) is 14.6 Å². The van der Waals surface area contributed by atoms with Crippen molar-refractivity contribution in [3.63, 3.8) is 0 Å². The highest BCUT2D eigenvalue weighted by molar-refractivity contribution is 6.76. The molecule has 0 spiro atoms. The zero-order chi connectivity index (χ0) is 23.8. The maximum atomic E-state index is 14.8. The van der Waals surface area contributed by atoms with Crippen molar-refractivity contribution in [3.8, 4) is 17.0 Å². The highest BCUT2D eigenvalue weighted by atomic mass is 28.3. The Bertz CT molecular complexity index is 1180. The smallest absolute Gasteiger partial charge is 0.231 e. The van der Waals surface area contributed by atoms with Crippen LogP contribution in [0.25, 0.3) is 22.3 Å². The molecule has 33 heavy (non-hydrogen) atoms. The number of methoxy groups -OCH3 is 1. The summed E-state index contributed by atoms with van der Waals surface area (Å²) in [5, 5.41) is 7.83. The average Bonchev–Trinajstić information content (AvgIpc) is 3.39. The lowest BCUT2D eigenvalue weighted by molar-refractivity contribution is -0.117. The minimum atomic E-state index is -1.27. The SMILES string of the molecule is COc1cccc(F)c1-c1nn(COCC[Si](C)(C)C)c2nc(NC(=O)[C@@H]3C[C@@H]3F)ccc12. The summed E-state index contributed by atoms with van der Waals surface area (Å²) in [6.45, 7) is 7.49. The minimum absolute atomic E-state index is 0.122. The first kappa shape index (κ1) is 23.3. The first-order chi connectivity index (χ1) is 15.7. The topological polar surface area (TPSA) is 78.3 Å². The molecule has 1 amide bonds. The van der Waals surface area contributed by atoms with Crippen molar-refractivity contribution < 1.29 is 23.0 Å². The van der Waals surface area contributed by atoms with Gasteiger partial charge in [0.1, 0.15) is 36.0 Å². The summed E-state index contributed by atoms with van der Waals surface area (Å²) in [4.78, 5) is 16.7. The van der Waals surface area contributed by atoms with Gasteiger partial charge in [-0.3, -0.25) is 4.79 Å². The number of pyridine rings is 1. The highest BCUT2D eigenvalue weighted by Gasteiger charge is 2.43. The van der Waals surface area contributed by atoms with E-state index >= 15 is 0 Å². The van der Waals surface area contributed by atoms with Gasteiger partial charge in [-0.1, -0.05) is 25.7 Å². The molecule has 1 aliphatic carbocycles. The Morgan fingerprint density at radius 1 is 1.27 bits per heavy atom. The van der Waals surface area contributed by atoms with Crippen molar-refractivity contribution in [2.75, 3.05) is 19.0 Å². The van der Waals surface area contributed by atoms with Crippen molar-refractivity contribution in [2.24, 2.45) is 5.92 Å². The zero-order valence-corrected chi connectivity index (χ0v) is 20.2. The van der Waals surface area contributed by atoms with Crippen molar-refractivity contribution in [1.82, 2.24) is 14.8 Å². The van der Waals surface area contributed by atoms with Gasteiger partial charge in [0.15, 0.2) is 5.65 Å². The molecule has 0 saturated heterocycles.